The number of rotatable bonds is 12. The van der Waals surface area contributed by atoms with Gasteiger partial charge in [-0.2, -0.15) is 0 Å². The number of hydrogen-bond acceptors (Lipinski definition) is 3. The molecule has 110 valence electrons. The molecule has 0 saturated heterocycles. The third-order valence-corrected chi connectivity index (χ3v) is 3.45. The van der Waals surface area contributed by atoms with Crippen LogP contribution in [0.4, 0.5) is 0 Å². The first-order valence-electron chi connectivity index (χ1n) is 7.79. The first kappa shape index (κ1) is 17.9. The van der Waals surface area contributed by atoms with Gasteiger partial charge in [0.05, 0.1) is 0 Å². The summed E-state index contributed by atoms with van der Waals surface area (Å²) >= 11 is 0. The number of hydrogen-bond donors (Lipinski definition) is 1. The van der Waals surface area contributed by atoms with Crippen molar-refractivity contribution >= 4 is 0 Å². The van der Waals surface area contributed by atoms with E-state index in [0.29, 0.717) is 0 Å². The summed E-state index contributed by atoms with van der Waals surface area (Å²) in [5.74, 6) is 0.753. The summed E-state index contributed by atoms with van der Waals surface area (Å²) < 4.78 is 0. The van der Waals surface area contributed by atoms with Crippen LogP contribution in [0.15, 0.2) is 0 Å². The van der Waals surface area contributed by atoms with Crippen molar-refractivity contribution in [2.45, 2.75) is 41.0 Å². The Kier molecular flexibility index (Phi) is 11.9. The maximum atomic E-state index is 3.52. The standard InChI is InChI=1S/C15H35N3/c1-6-17(7-2)11-9-12-18(8-3)13-10-16-14-15(4)5/h15-16H,6-14H2,1-5H3. The molecule has 0 aromatic rings. The second-order valence-electron chi connectivity index (χ2n) is 5.41. The van der Waals surface area contributed by atoms with Gasteiger partial charge in [0.2, 0.25) is 0 Å². The molecule has 3 heteroatoms. The maximum absolute atomic E-state index is 3.52. The zero-order valence-corrected chi connectivity index (χ0v) is 13.3. The van der Waals surface area contributed by atoms with Crippen molar-refractivity contribution in [3.63, 3.8) is 0 Å². The van der Waals surface area contributed by atoms with E-state index in [4.69, 9.17) is 0 Å². The first-order valence-corrected chi connectivity index (χ1v) is 7.79. The number of nitrogens with one attached hydrogen (secondary N) is 1. The summed E-state index contributed by atoms with van der Waals surface area (Å²) in [6, 6.07) is 0. The van der Waals surface area contributed by atoms with Crippen molar-refractivity contribution in [1.82, 2.24) is 15.1 Å². The monoisotopic (exact) mass is 257 g/mol. The SMILES string of the molecule is CCN(CC)CCCN(CC)CCNCC(C)C. The summed E-state index contributed by atoms with van der Waals surface area (Å²) in [5.41, 5.74) is 0. The molecule has 0 radical (unpaired) electrons. The van der Waals surface area contributed by atoms with E-state index in [1.807, 2.05) is 0 Å². The minimum Gasteiger partial charge on any atom is -0.315 e. The van der Waals surface area contributed by atoms with E-state index in [9.17, 15) is 0 Å². The quantitative estimate of drug-likeness (QED) is 0.541. The molecule has 0 bridgehead atoms. The highest BCUT2D eigenvalue weighted by Crippen LogP contribution is 1.95. The Morgan fingerprint density at radius 3 is 1.89 bits per heavy atom. The fraction of sp³-hybridized carbons (Fsp3) is 1.00. The summed E-state index contributed by atoms with van der Waals surface area (Å²) in [7, 11) is 0. The second kappa shape index (κ2) is 11.9. The van der Waals surface area contributed by atoms with Crippen LogP contribution in [0.25, 0.3) is 0 Å². The summed E-state index contributed by atoms with van der Waals surface area (Å²) in [6.45, 7) is 20.7. The van der Waals surface area contributed by atoms with Gasteiger partial charge in [-0.05, 0) is 51.6 Å². The minimum absolute atomic E-state index is 0.753. The topological polar surface area (TPSA) is 18.5 Å². The molecule has 0 atom stereocenters. The molecule has 0 aromatic heterocycles. The van der Waals surface area contributed by atoms with Crippen LogP contribution in [0.3, 0.4) is 0 Å². The Morgan fingerprint density at radius 1 is 0.833 bits per heavy atom. The predicted molar refractivity (Wildman–Crippen MR) is 82.2 cm³/mol. The highest BCUT2D eigenvalue weighted by atomic mass is 15.1. The molecule has 1 N–H and O–H groups in total. The van der Waals surface area contributed by atoms with Gasteiger partial charge < -0.3 is 15.1 Å². The Morgan fingerprint density at radius 2 is 1.39 bits per heavy atom. The van der Waals surface area contributed by atoms with Gasteiger partial charge in [0.15, 0.2) is 0 Å². The average molecular weight is 257 g/mol. The van der Waals surface area contributed by atoms with E-state index >= 15 is 0 Å². The lowest BCUT2D eigenvalue weighted by molar-refractivity contribution is 0.243. The van der Waals surface area contributed by atoms with Gasteiger partial charge in [-0.3, -0.25) is 0 Å². The van der Waals surface area contributed by atoms with Crippen LogP contribution in [0.2, 0.25) is 0 Å². The smallest absolute Gasteiger partial charge is 0.0107 e. The fourth-order valence-corrected chi connectivity index (χ4v) is 2.11. The van der Waals surface area contributed by atoms with Crippen LogP contribution in [0, 0.1) is 5.92 Å². The molecule has 0 spiro atoms. The molecule has 0 fully saturated rings. The third-order valence-electron chi connectivity index (χ3n) is 3.45. The van der Waals surface area contributed by atoms with Gasteiger partial charge in [-0.15, -0.1) is 0 Å². The molecule has 0 saturated carbocycles. The normalized spacial score (nSPS) is 12.0. The zero-order chi connectivity index (χ0) is 13.8. The molecular weight excluding hydrogens is 222 g/mol. The molecule has 0 amide bonds. The first-order chi connectivity index (χ1) is 8.63. The molecule has 18 heavy (non-hydrogen) atoms. The fourth-order valence-electron chi connectivity index (χ4n) is 2.11. The molecule has 0 unspecified atom stereocenters. The van der Waals surface area contributed by atoms with Gasteiger partial charge in [0.1, 0.15) is 0 Å². The lowest BCUT2D eigenvalue weighted by Crippen LogP contribution is -2.35. The maximum Gasteiger partial charge on any atom is 0.0107 e. The lowest BCUT2D eigenvalue weighted by atomic mass is 10.2. The summed E-state index contributed by atoms with van der Waals surface area (Å²) in [5, 5.41) is 3.52. The molecule has 0 aliphatic carbocycles. The largest absolute Gasteiger partial charge is 0.315 e. The van der Waals surface area contributed by atoms with Crippen molar-refractivity contribution in [3.05, 3.63) is 0 Å². The molecule has 0 aliphatic rings. The van der Waals surface area contributed by atoms with Crippen molar-refractivity contribution in [2.24, 2.45) is 5.92 Å². The van der Waals surface area contributed by atoms with Crippen LogP contribution in [0.5, 0.6) is 0 Å². The van der Waals surface area contributed by atoms with Gasteiger partial charge in [-0.25, -0.2) is 0 Å². The van der Waals surface area contributed by atoms with Gasteiger partial charge in [0, 0.05) is 13.1 Å². The molecule has 0 aliphatic heterocycles. The van der Waals surface area contributed by atoms with Crippen LogP contribution in [0.1, 0.15) is 41.0 Å². The zero-order valence-electron chi connectivity index (χ0n) is 13.3. The molecular formula is C15H35N3. The van der Waals surface area contributed by atoms with E-state index in [2.05, 4.69) is 49.7 Å². The third kappa shape index (κ3) is 9.86. The Bertz CT molecular complexity index is 167. The average Bonchev–Trinajstić information content (AvgIpc) is 2.36. The van der Waals surface area contributed by atoms with Crippen molar-refractivity contribution in [3.8, 4) is 0 Å². The predicted octanol–water partition coefficient (Wildman–Crippen LogP) is 2.29. The van der Waals surface area contributed by atoms with Crippen LogP contribution >= 0.6 is 0 Å². The number of likely N-dealkylation sites (N-methyl/N-ethyl adjacent to an activating group) is 1. The van der Waals surface area contributed by atoms with E-state index in [0.717, 1.165) is 19.0 Å². The van der Waals surface area contributed by atoms with Crippen molar-refractivity contribution in [2.75, 3.05) is 52.4 Å². The van der Waals surface area contributed by atoms with E-state index < -0.39 is 0 Å². The van der Waals surface area contributed by atoms with Crippen LogP contribution < -0.4 is 5.32 Å². The Balaban J connectivity index is 3.57. The second-order valence-corrected chi connectivity index (χ2v) is 5.41. The van der Waals surface area contributed by atoms with Gasteiger partial charge in [0.25, 0.3) is 0 Å². The van der Waals surface area contributed by atoms with Crippen molar-refractivity contribution in [1.29, 1.82) is 0 Å². The highest BCUT2D eigenvalue weighted by Gasteiger charge is 2.04. The summed E-state index contributed by atoms with van der Waals surface area (Å²) in [6.07, 6.45) is 1.29. The van der Waals surface area contributed by atoms with E-state index in [-0.39, 0.29) is 0 Å². The number of nitrogens with zero attached hydrogens (tertiary/aromatic N) is 2. The molecule has 3 nitrogen and oxygen atoms in total. The molecule has 0 heterocycles. The Hall–Kier alpha value is -0.120. The van der Waals surface area contributed by atoms with Crippen LogP contribution in [-0.4, -0.2) is 62.2 Å². The van der Waals surface area contributed by atoms with Crippen molar-refractivity contribution < 1.29 is 0 Å². The van der Waals surface area contributed by atoms with Gasteiger partial charge in [-0.1, -0.05) is 34.6 Å². The van der Waals surface area contributed by atoms with Crippen LogP contribution in [-0.2, 0) is 0 Å². The molecule has 0 aromatic carbocycles. The van der Waals surface area contributed by atoms with E-state index in [1.54, 1.807) is 0 Å². The lowest BCUT2D eigenvalue weighted by Gasteiger charge is -2.23. The Labute approximate surface area is 115 Å². The van der Waals surface area contributed by atoms with Gasteiger partial charge >= 0.3 is 0 Å². The molecule has 0 rings (SSSR count). The van der Waals surface area contributed by atoms with E-state index in [1.165, 1.54) is 45.7 Å². The highest BCUT2D eigenvalue weighted by molar-refractivity contribution is 4.61. The summed E-state index contributed by atoms with van der Waals surface area (Å²) in [4.78, 5) is 5.06. The minimum atomic E-state index is 0.753.